The topological polar surface area (TPSA) is 95.6 Å². The van der Waals surface area contributed by atoms with E-state index in [1.807, 2.05) is 0 Å². The molecular weight excluding hydrogens is 463 g/mol. The molecule has 1 aliphatic rings. The van der Waals surface area contributed by atoms with Gasteiger partial charge in [0.25, 0.3) is 17.7 Å². The standard InChI is InChI=1S/C25H18F3N3O4/c26-25(27,28)16-6-4-8-18(14-16)30-22(33)15-5-3-7-17(13-15)29-21(32)11-12-31-23(34)19-9-1-2-10-20(19)24(31)35/h1-10,13-14H,11-12H2,(H,29,32)(H,30,33). The Balaban J connectivity index is 1.36. The van der Waals surface area contributed by atoms with Crippen LogP contribution in [0.3, 0.4) is 0 Å². The lowest BCUT2D eigenvalue weighted by Crippen LogP contribution is -2.32. The van der Waals surface area contributed by atoms with Crippen molar-refractivity contribution in [3.05, 3.63) is 95.1 Å². The fourth-order valence-electron chi connectivity index (χ4n) is 3.59. The average molecular weight is 481 g/mol. The first-order valence-electron chi connectivity index (χ1n) is 10.5. The van der Waals surface area contributed by atoms with E-state index in [1.54, 1.807) is 24.3 Å². The SMILES string of the molecule is O=C(CCN1C(=O)c2ccccc2C1=O)Nc1cccc(C(=O)Nc2cccc(C(F)(F)F)c2)c1. The number of hydrogen-bond donors (Lipinski definition) is 2. The van der Waals surface area contributed by atoms with Gasteiger partial charge in [0.05, 0.1) is 16.7 Å². The number of rotatable bonds is 6. The van der Waals surface area contributed by atoms with Gasteiger partial charge >= 0.3 is 6.18 Å². The summed E-state index contributed by atoms with van der Waals surface area (Å²) in [6.45, 7) is -0.117. The fourth-order valence-corrected chi connectivity index (χ4v) is 3.59. The molecule has 3 aromatic rings. The molecule has 4 amide bonds. The van der Waals surface area contributed by atoms with Crippen molar-refractivity contribution < 1.29 is 32.3 Å². The summed E-state index contributed by atoms with van der Waals surface area (Å²) < 4.78 is 38.6. The third-order valence-electron chi connectivity index (χ3n) is 5.30. The van der Waals surface area contributed by atoms with E-state index >= 15 is 0 Å². The molecule has 178 valence electrons. The van der Waals surface area contributed by atoms with Crippen molar-refractivity contribution in [3.63, 3.8) is 0 Å². The van der Waals surface area contributed by atoms with Crippen LogP contribution in [-0.2, 0) is 11.0 Å². The van der Waals surface area contributed by atoms with Gasteiger partial charge in [-0.2, -0.15) is 13.2 Å². The van der Waals surface area contributed by atoms with Crippen LogP contribution in [-0.4, -0.2) is 35.1 Å². The van der Waals surface area contributed by atoms with Gasteiger partial charge in [-0.05, 0) is 48.5 Å². The Bertz CT molecular complexity index is 1300. The van der Waals surface area contributed by atoms with E-state index in [0.717, 1.165) is 17.0 Å². The summed E-state index contributed by atoms with van der Waals surface area (Å²) in [5.41, 5.74) is 0.0407. The van der Waals surface area contributed by atoms with Crippen LogP contribution in [0.2, 0.25) is 0 Å². The highest BCUT2D eigenvalue weighted by molar-refractivity contribution is 6.21. The van der Waals surface area contributed by atoms with E-state index in [0.29, 0.717) is 0 Å². The number of imide groups is 1. The van der Waals surface area contributed by atoms with Crippen molar-refractivity contribution in [2.24, 2.45) is 0 Å². The molecule has 0 fully saturated rings. The molecule has 0 spiro atoms. The van der Waals surface area contributed by atoms with Crippen LogP contribution < -0.4 is 10.6 Å². The van der Waals surface area contributed by atoms with Gasteiger partial charge in [0, 0.05) is 29.9 Å². The van der Waals surface area contributed by atoms with E-state index in [9.17, 15) is 32.3 Å². The second-order valence-electron chi connectivity index (χ2n) is 7.72. The van der Waals surface area contributed by atoms with Crippen LogP contribution in [0.1, 0.15) is 43.1 Å². The zero-order valence-electron chi connectivity index (χ0n) is 18.1. The van der Waals surface area contributed by atoms with Crippen LogP contribution in [0.5, 0.6) is 0 Å². The molecule has 35 heavy (non-hydrogen) atoms. The molecule has 0 aliphatic carbocycles. The third kappa shape index (κ3) is 5.21. The van der Waals surface area contributed by atoms with Gasteiger partial charge in [-0.3, -0.25) is 24.1 Å². The summed E-state index contributed by atoms with van der Waals surface area (Å²) in [7, 11) is 0. The second-order valence-corrected chi connectivity index (χ2v) is 7.72. The van der Waals surface area contributed by atoms with Crippen LogP contribution in [0, 0.1) is 0 Å². The first-order chi connectivity index (χ1) is 16.6. The number of nitrogens with zero attached hydrogens (tertiary/aromatic N) is 1. The number of amides is 4. The third-order valence-corrected chi connectivity index (χ3v) is 5.30. The summed E-state index contributed by atoms with van der Waals surface area (Å²) >= 11 is 0. The molecule has 0 atom stereocenters. The molecule has 7 nitrogen and oxygen atoms in total. The number of fused-ring (bicyclic) bond motifs is 1. The molecule has 0 unspecified atom stereocenters. The maximum atomic E-state index is 12.9. The van der Waals surface area contributed by atoms with Crippen molar-refractivity contribution in [2.75, 3.05) is 17.2 Å². The molecule has 3 aromatic carbocycles. The molecule has 0 saturated heterocycles. The summed E-state index contributed by atoms with van der Waals surface area (Å²) in [6.07, 6.45) is -4.70. The van der Waals surface area contributed by atoms with Gasteiger partial charge < -0.3 is 10.6 Å². The number of carbonyl (C=O) groups excluding carboxylic acids is 4. The maximum absolute atomic E-state index is 12.9. The summed E-state index contributed by atoms with van der Waals surface area (Å²) in [4.78, 5) is 50.7. The Labute approximate surface area is 197 Å². The lowest BCUT2D eigenvalue weighted by Gasteiger charge is -2.14. The van der Waals surface area contributed by atoms with Crippen LogP contribution in [0.15, 0.2) is 72.8 Å². The Morgan fingerprint density at radius 3 is 2.00 bits per heavy atom. The highest BCUT2D eigenvalue weighted by Crippen LogP contribution is 2.30. The van der Waals surface area contributed by atoms with Crippen LogP contribution in [0.4, 0.5) is 24.5 Å². The van der Waals surface area contributed by atoms with E-state index in [4.69, 9.17) is 0 Å². The van der Waals surface area contributed by atoms with Gasteiger partial charge in [-0.1, -0.05) is 24.3 Å². The number of carbonyl (C=O) groups is 4. The molecule has 0 bridgehead atoms. The highest BCUT2D eigenvalue weighted by Gasteiger charge is 2.35. The fraction of sp³-hybridized carbons (Fsp3) is 0.120. The molecule has 0 saturated carbocycles. The number of nitrogens with one attached hydrogen (secondary N) is 2. The minimum atomic E-state index is -4.54. The summed E-state index contributed by atoms with van der Waals surface area (Å²) in [5, 5.41) is 4.99. The predicted molar refractivity (Wildman–Crippen MR) is 121 cm³/mol. The molecule has 10 heteroatoms. The van der Waals surface area contributed by atoms with Gasteiger partial charge in [0.15, 0.2) is 0 Å². The molecule has 0 aromatic heterocycles. The van der Waals surface area contributed by atoms with Crippen molar-refractivity contribution >= 4 is 35.0 Å². The molecule has 2 N–H and O–H groups in total. The smallest absolute Gasteiger partial charge is 0.326 e. The normalized spacial score (nSPS) is 12.9. The number of benzene rings is 3. The van der Waals surface area contributed by atoms with Crippen molar-refractivity contribution in [3.8, 4) is 0 Å². The monoisotopic (exact) mass is 481 g/mol. The summed E-state index contributed by atoms with van der Waals surface area (Å²) in [5.74, 6) is -2.08. The second kappa shape index (κ2) is 9.41. The number of halogens is 3. The lowest BCUT2D eigenvalue weighted by molar-refractivity contribution is -0.137. The van der Waals surface area contributed by atoms with E-state index in [1.165, 1.54) is 36.4 Å². The van der Waals surface area contributed by atoms with Crippen molar-refractivity contribution in [1.82, 2.24) is 4.90 Å². The Hall–Kier alpha value is -4.47. The van der Waals surface area contributed by atoms with E-state index < -0.39 is 35.4 Å². The largest absolute Gasteiger partial charge is 0.416 e. The number of hydrogen-bond acceptors (Lipinski definition) is 4. The molecule has 1 heterocycles. The van der Waals surface area contributed by atoms with E-state index in [-0.39, 0.29) is 41.0 Å². The molecule has 0 radical (unpaired) electrons. The summed E-state index contributed by atoms with van der Waals surface area (Å²) in [6, 6.07) is 16.5. The van der Waals surface area contributed by atoms with Crippen molar-refractivity contribution in [1.29, 1.82) is 0 Å². The minimum Gasteiger partial charge on any atom is -0.326 e. The van der Waals surface area contributed by atoms with Crippen LogP contribution in [0.25, 0.3) is 0 Å². The minimum absolute atomic E-state index is 0.0276. The lowest BCUT2D eigenvalue weighted by atomic mass is 10.1. The van der Waals surface area contributed by atoms with Gasteiger partial charge in [-0.15, -0.1) is 0 Å². The zero-order valence-corrected chi connectivity index (χ0v) is 18.1. The zero-order chi connectivity index (χ0) is 25.2. The van der Waals surface area contributed by atoms with Gasteiger partial charge in [-0.25, -0.2) is 0 Å². The first-order valence-corrected chi connectivity index (χ1v) is 10.5. The number of anilines is 2. The van der Waals surface area contributed by atoms with Gasteiger partial charge in [0.1, 0.15) is 0 Å². The number of alkyl halides is 3. The van der Waals surface area contributed by atoms with Crippen molar-refractivity contribution in [2.45, 2.75) is 12.6 Å². The molecular formula is C25H18F3N3O4. The van der Waals surface area contributed by atoms with E-state index in [2.05, 4.69) is 10.6 Å². The Kier molecular flexibility index (Phi) is 6.37. The average Bonchev–Trinajstić information content (AvgIpc) is 3.07. The quantitative estimate of drug-likeness (QED) is 0.504. The van der Waals surface area contributed by atoms with Gasteiger partial charge in [0.2, 0.25) is 5.91 Å². The molecule has 4 rings (SSSR count). The Morgan fingerprint density at radius 2 is 1.37 bits per heavy atom. The molecule has 1 aliphatic heterocycles. The van der Waals surface area contributed by atoms with Crippen LogP contribution >= 0.6 is 0 Å². The Morgan fingerprint density at radius 1 is 0.771 bits per heavy atom. The predicted octanol–water partition coefficient (Wildman–Crippen LogP) is 4.58. The first kappa shape index (κ1) is 23.7. The highest BCUT2D eigenvalue weighted by atomic mass is 19.4. The maximum Gasteiger partial charge on any atom is 0.416 e.